The van der Waals surface area contributed by atoms with Gasteiger partial charge in [0, 0.05) is 12.2 Å². The molecule has 158 valence electrons. The molecule has 6 nitrogen and oxygen atoms in total. The van der Waals surface area contributed by atoms with E-state index in [1.165, 1.54) is 21.9 Å². The fraction of sp³-hybridized carbons (Fsp3) is 0.391. The van der Waals surface area contributed by atoms with E-state index in [1.807, 2.05) is 24.3 Å². The van der Waals surface area contributed by atoms with Crippen molar-refractivity contribution in [3.63, 3.8) is 0 Å². The first kappa shape index (κ1) is 20.3. The van der Waals surface area contributed by atoms with Gasteiger partial charge in [0.1, 0.15) is 11.6 Å². The average molecular weight is 412 g/mol. The highest BCUT2D eigenvalue weighted by Gasteiger charge is 2.45. The fourth-order valence-corrected chi connectivity index (χ4v) is 4.32. The lowest BCUT2D eigenvalue weighted by atomic mass is 10.1. The largest absolute Gasteiger partial charge is 0.497 e. The molecule has 2 saturated heterocycles. The Kier molecular flexibility index (Phi) is 5.99. The van der Waals surface area contributed by atoms with Crippen LogP contribution in [0.15, 0.2) is 48.5 Å². The summed E-state index contributed by atoms with van der Waals surface area (Å²) in [6.45, 7) is 3.55. The SMILES string of the molecule is COc1ccc(CCN2C(=O)C[C@H]([NH+]3CCN(c4ccc(F)cc4)CC3)C2=O)cc1. The Morgan fingerprint density at radius 1 is 1.03 bits per heavy atom. The summed E-state index contributed by atoms with van der Waals surface area (Å²) in [6, 6.07) is 13.9. The number of amides is 2. The molecule has 0 radical (unpaired) electrons. The molecule has 0 unspecified atom stereocenters. The molecule has 2 aliphatic heterocycles. The zero-order chi connectivity index (χ0) is 21.1. The van der Waals surface area contributed by atoms with Crippen LogP contribution in [0.5, 0.6) is 5.75 Å². The molecule has 0 aliphatic carbocycles. The third-order valence-corrected chi connectivity index (χ3v) is 6.12. The predicted octanol–water partition coefficient (Wildman–Crippen LogP) is 0.909. The summed E-state index contributed by atoms with van der Waals surface area (Å²) in [5.41, 5.74) is 2.06. The van der Waals surface area contributed by atoms with Crippen LogP contribution >= 0.6 is 0 Å². The number of hydrogen-bond donors (Lipinski definition) is 1. The first-order valence-electron chi connectivity index (χ1n) is 10.4. The highest BCUT2D eigenvalue weighted by molar-refractivity contribution is 6.04. The predicted molar refractivity (Wildman–Crippen MR) is 111 cm³/mol. The zero-order valence-electron chi connectivity index (χ0n) is 17.1. The van der Waals surface area contributed by atoms with Gasteiger partial charge in [0.15, 0.2) is 6.04 Å². The van der Waals surface area contributed by atoms with Crippen LogP contribution in [-0.4, -0.2) is 62.6 Å². The van der Waals surface area contributed by atoms with E-state index in [9.17, 15) is 14.0 Å². The standard InChI is InChI=1S/C23H26FN3O3/c1-30-20-8-2-17(3-9-20)10-11-27-22(28)16-21(23(27)29)26-14-12-25(13-15-26)19-6-4-18(24)5-7-19/h2-9,21H,10-16H2,1H3/p+1/t21-/m0/s1. The molecule has 0 saturated carbocycles. The first-order valence-corrected chi connectivity index (χ1v) is 10.4. The second kappa shape index (κ2) is 8.83. The highest BCUT2D eigenvalue weighted by atomic mass is 19.1. The second-order valence-corrected chi connectivity index (χ2v) is 7.86. The number of hydrogen-bond acceptors (Lipinski definition) is 4. The molecule has 2 aliphatic rings. The Morgan fingerprint density at radius 2 is 1.70 bits per heavy atom. The van der Waals surface area contributed by atoms with E-state index in [4.69, 9.17) is 4.74 Å². The maximum absolute atomic E-state index is 13.1. The summed E-state index contributed by atoms with van der Waals surface area (Å²) < 4.78 is 18.3. The molecule has 2 heterocycles. The van der Waals surface area contributed by atoms with Crippen LogP contribution in [0.1, 0.15) is 12.0 Å². The molecule has 2 amide bonds. The molecule has 2 aromatic rings. The van der Waals surface area contributed by atoms with Gasteiger partial charge in [-0.3, -0.25) is 14.5 Å². The quantitative estimate of drug-likeness (QED) is 0.717. The van der Waals surface area contributed by atoms with Crippen LogP contribution < -0.4 is 14.5 Å². The van der Waals surface area contributed by atoms with Gasteiger partial charge in [0.25, 0.3) is 5.91 Å². The van der Waals surface area contributed by atoms with Crippen molar-refractivity contribution in [2.24, 2.45) is 0 Å². The Bertz CT molecular complexity index is 893. The summed E-state index contributed by atoms with van der Waals surface area (Å²) >= 11 is 0. The Hall–Kier alpha value is -2.93. The molecule has 2 fully saturated rings. The molecule has 0 aromatic heterocycles. The molecule has 1 N–H and O–H groups in total. The minimum Gasteiger partial charge on any atom is -0.497 e. The summed E-state index contributed by atoms with van der Waals surface area (Å²) in [5.74, 6) is 0.411. The third-order valence-electron chi connectivity index (χ3n) is 6.12. The maximum atomic E-state index is 13.1. The number of methoxy groups -OCH3 is 1. The number of benzene rings is 2. The van der Waals surface area contributed by atoms with Gasteiger partial charge in [0.05, 0.1) is 39.7 Å². The molecule has 4 rings (SSSR count). The van der Waals surface area contributed by atoms with Crippen LogP contribution in [0.3, 0.4) is 0 Å². The maximum Gasteiger partial charge on any atom is 0.288 e. The number of imide groups is 1. The fourth-order valence-electron chi connectivity index (χ4n) is 4.32. The number of halogens is 1. The van der Waals surface area contributed by atoms with Crippen LogP contribution in [-0.2, 0) is 16.0 Å². The molecule has 0 bridgehead atoms. The van der Waals surface area contributed by atoms with Gasteiger partial charge in [-0.25, -0.2) is 4.39 Å². The number of ether oxygens (including phenoxy) is 1. The van der Waals surface area contributed by atoms with Crippen molar-refractivity contribution < 1.29 is 23.6 Å². The van der Waals surface area contributed by atoms with E-state index >= 15 is 0 Å². The minimum atomic E-state index is -0.288. The first-order chi connectivity index (χ1) is 14.5. The van der Waals surface area contributed by atoms with Gasteiger partial charge in [-0.15, -0.1) is 0 Å². The summed E-state index contributed by atoms with van der Waals surface area (Å²) in [6.07, 6.45) is 0.926. The van der Waals surface area contributed by atoms with Gasteiger partial charge in [-0.2, -0.15) is 0 Å². The Labute approximate surface area is 175 Å². The van der Waals surface area contributed by atoms with E-state index in [2.05, 4.69) is 4.90 Å². The van der Waals surface area contributed by atoms with E-state index in [0.29, 0.717) is 13.0 Å². The van der Waals surface area contributed by atoms with Gasteiger partial charge in [-0.05, 0) is 48.4 Å². The number of carbonyl (C=O) groups is 2. The molecule has 2 aromatic carbocycles. The van der Waals surface area contributed by atoms with Crippen molar-refractivity contribution >= 4 is 17.5 Å². The number of nitrogens with one attached hydrogen (secondary N) is 1. The number of piperazine rings is 1. The lowest BCUT2D eigenvalue weighted by Gasteiger charge is -2.35. The molecular formula is C23H27FN3O3+. The van der Waals surface area contributed by atoms with Crippen LogP contribution in [0.4, 0.5) is 10.1 Å². The Balaban J connectivity index is 1.32. The van der Waals surface area contributed by atoms with Crippen LogP contribution in [0, 0.1) is 5.82 Å². The number of anilines is 1. The number of carbonyl (C=O) groups excluding carboxylic acids is 2. The van der Waals surface area contributed by atoms with Gasteiger partial charge in [-0.1, -0.05) is 12.1 Å². The highest BCUT2D eigenvalue weighted by Crippen LogP contribution is 2.17. The Morgan fingerprint density at radius 3 is 2.33 bits per heavy atom. The van der Waals surface area contributed by atoms with Crippen molar-refractivity contribution in [3.8, 4) is 5.75 Å². The van der Waals surface area contributed by atoms with Crippen molar-refractivity contribution in [3.05, 3.63) is 59.9 Å². The topological polar surface area (TPSA) is 54.3 Å². The lowest BCUT2D eigenvalue weighted by Crippen LogP contribution is -3.19. The number of likely N-dealkylation sites (tertiary alicyclic amines) is 1. The lowest BCUT2D eigenvalue weighted by molar-refractivity contribution is -0.915. The molecule has 30 heavy (non-hydrogen) atoms. The van der Waals surface area contributed by atoms with E-state index in [-0.39, 0.29) is 30.1 Å². The van der Waals surface area contributed by atoms with Crippen molar-refractivity contribution in [2.45, 2.75) is 18.9 Å². The van der Waals surface area contributed by atoms with Gasteiger partial charge >= 0.3 is 0 Å². The van der Waals surface area contributed by atoms with Crippen LogP contribution in [0.25, 0.3) is 0 Å². The average Bonchev–Trinajstić information content (AvgIpc) is 3.06. The van der Waals surface area contributed by atoms with Crippen molar-refractivity contribution in [1.82, 2.24) is 4.90 Å². The third kappa shape index (κ3) is 4.31. The van der Waals surface area contributed by atoms with Crippen molar-refractivity contribution in [2.75, 3.05) is 44.7 Å². The smallest absolute Gasteiger partial charge is 0.288 e. The normalized spacial score (nSPS) is 20.1. The van der Waals surface area contributed by atoms with E-state index in [0.717, 1.165) is 43.2 Å². The monoisotopic (exact) mass is 412 g/mol. The molecule has 1 atom stereocenters. The van der Waals surface area contributed by atoms with Gasteiger partial charge in [0.2, 0.25) is 5.91 Å². The van der Waals surface area contributed by atoms with Gasteiger partial charge < -0.3 is 14.5 Å². The van der Waals surface area contributed by atoms with E-state index in [1.54, 1.807) is 19.2 Å². The molecule has 0 spiro atoms. The second-order valence-electron chi connectivity index (χ2n) is 7.86. The summed E-state index contributed by atoms with van der Waals surface area (Å²) in [4.78, 5) is 30.2. The number of nitrogens with zero attached hydrogens (tertiary/aromatic N) is 2. The van der Waals surface area contributed by atoms with E-state index < -0.39 is 0 Å². The molecular weight excluding hydrogens is 385 g/mol. The minimum absolute atomic E-state index is 0.0567. The summed E-state index contributed by atoms with van der Waals surface area (Å²) in [7, 11) is 1.62. The summed E-state index contributed by atoms with van der Waals surface area (Å²) in [5, 5.41) is 0. The molecule has 7 heteroatoms. The zero-order valence-corrected chi connectivity index (χ0v) is 17.1. The van der Waals surface area contributed by atoms with Crippen LogP contribution in [0.2, 0.25) is 0 Å². The number of quaternary nitrogens is 1. The number of rotatable bonds is 6. The van der Waals surface area contributed by atoms with Crippen molar-refractivity contribution in [1.29, 1.82) is 0 Å².